The van der Waals surface area contributed by atoms with Crippen molar-refractivity contribution >= 4 is 44.7 Å². The van der Waals surface area contributed by atoms with Crippen molar-refractivity contribution < 1.29 is 27.7 Å². The number of primary amides is 1. The van der Waals surface area contributed by atoms with Gasteiger partial charge in [0.25, 0.3) is 11.8 Å². The fourth-order valence-corrected chi connectivity index (χ4v) is 9.21. The number of amides is 2. The Bertz CT molecular complexity index is 1870. The van der Waals surface area contributed by atoms with Crippen molar-refractivity contribution in [2.75, 3.05) is 5.32 Å². The minimum atomic E-state index is -4.82. The Balaban J connectivity index is 1.36. The highest BCUT2D eigenvalue weighted by Gasteiger charge is 2.53. The molecule has 0 radical (unpaired) electrons. The third kappa shape index (κ3) is 4.68. The van der Waals surface area contributed by atoms with Crippen LogP contribution in [0.1, 0.15) is 77.0 Å². The van der Waals surface area contributed by atoms with E-state index >= 15 is 0 Å². The summed E-state index contributed by atoms with van der Waals surface area (Å²) in [6.45, 7) is 3.96. The molecule has 4 aliphatic carbocycles. The number of nitrogens with zero attached hydrogens (tertiary/aromatic N) is 6. The summed E-state index contributed by atoms with van der Waals surface area (Å²) in [5, 5.41) is 23.5. The lowest BCUT2D eigenvalue weighted by Crippen LogP contribution is -2.52. The van der Waals surface area contributed by atoms with Gasteiger partial charge in [0.05, 0.1) is 22.3 Å². The number of aromatic nitrogens is 5. The number of aryl methyl sites for hydroxylation is 1. The minimum absolute atomic E-state index is 0.0252. The summed E-state index contributed by atoms with van der Waals surface area (Å²) in [5.74, 6) is -0.457. The molecule has 0 aliphatic heterocycles. The Labute approximate surface area is 257 Å². The van der Waals surface area contributed by atoms with Gasteiger partial charge in [-0.1, -0.05) is 0 Å². The van der Waals surface area contributed by atoms with E-state index in [1.807, 2.05) is 6.92 Å². The highest BCUT2D eigenvalue weighted by Crippen LogP contribution is 2.59. The number of carbonyl (C=O) groups is 2. The quantitative estimate of drug-likeness (QED) is 0.188. The zero-order valence-electron chi connectivity index (χ0n) is 24.3. The topological polar surface area (TPSA) is 164 Å². The van der Waals surface area contributed by atoms with Gasteiger partial charge in [0, 0.05) is 23.2 Å². The molecule has 0 unspecified atom stereocenters. The van der Waals surface area contributed by atoms with Crippen LogP contribution in [-0.4, -0.2) is 41.3 Å². The summed E-state index contributed by atoms with van der Waals surface area (Å²) in [4.78, 5) is 41.2. The molecule has 4 aromatic rings. The van der Waals surface area contributed by atoms with Crippen LogP contribution in [0, 0.1) is 34.8 Å². The molecule has 0 atom stereocenters. The van der Waals surface area contributed by atoms with Gasteiger partial charge in [-0.25, -0.2) is 4.98 Å². The number of carbonyl (C=O) groups excluding carboxylic acids is 2. The van der Waals surface area contributed by atoms with Crippen molar-refractivity contribution in [3.8, 4) is 11.1 Å². The Morgan fingerprint density at radius 2 is 1.82 bits per heavy atom. The van der Waals surface area contributed by atoms with E-state index in [4.69, 9.17) is 5.73 Å². The van der Waals surface area contributed by atoms with Gasteiger partial charge in [-0.3, -0.25) is 29.1 Å². The molecule has 4 aromatic heterocycles. The summed E-state index contributed by atoms with van der Waals surface area (Å²) < 4.78 is 45.1. The van der Waals surface area contributed by atoms with E-state index in [0.29, 0.717) is 46.9 Å². The van der Waals surface area contributed by atoms with E-state index in [1.165, 1.54) is 12.4 Å². The Morgan fingerprint density at radius 3 is 2.36 bits per heavy atom. The first-order chi connectivity index (χ1) is 21.3. The number of hydrogen-bond donors (Lipinski definition) is 2. The van der Waals surface area contributed by atoms with Crippen LogP contribution in [0.15, 0.2) is 18.5 Å². The predicted molar refractivity (Wildman–Crippen MR) is 158 cm³/mol. The van der Waals surface area contributed by atoms with E-state index in [9.17, 15) is 32.9 Å². The number of pyridine rings is 1. The molecule has 236 valence electrons. The first-order valence-electron chi connectivity index (χ1n) is 14.7. The first kappa shape index (κ1) is 29.4. The number of anilines is 1. The van der Waals surface area contributed by atoms with Gasteiger partial charge in [0.15, 0.2) is 0 Å². The highest BCUT2D eigenvalue weighted by atomic mass is 32.1. The largest absolute Gasteiger partial charge is 0.433 e. The number of hydrogen-bond acceptors (Lipinski definition) is 8. The van der Waals surface area contributed by atoms with E-state index in [0.717, 1.165) is 44.6 Å². The molecule has 16 heteroatoms. The van der Waals surface area contributed by atoms with Gasteiger partial charge in [-0.2, -0.15) is 23.4 Å². The van der Waals surface area contributed by atoms with Crippen LogP contribution in [-0.2, 0) is 18.3 Å². The zero-order valence-corrected chi connectivity index (χ0v) is 25.2. The normalized spacial score (nSPS) is 24.0. The van der Waals surface area contributed by atoms with Crippen molar-refractivity contribution in [3.63, 3.8) is 0 Å². The number of fused-ring (bicyclic) bond motifs is 1. The lowest BCUT2D eigenvalue weighted by Gasteiger charge is -2.56. The molecule has 4 fully saturated rings. The molecule has 12 nitrogen and oxygen atoms in total. The number of nitrogens with two attached hydrogens (primary N) is 1. The Hall–Kier alpha value is -4.34. The first-order valence-corrected chi connectivity index (χ1v) is 15.5. The molecule has 2 amide bonds. The van der Waals surface area contributed by atoms with Gasteiger partial charge in [0.2, 0.25) is 5.69 Å². The number of halogens is 3. The van der Waals surface area contributed by atoms with Crippen LogP contribution in [0.25, 0.3) is 21.3 Å². The second kappa shape index (κ2) is 10.1. The molecule has 4 saturated carbocycles. The van der Waals surface area contributed by atoms with E-state index in [1.54, 1.807) is 16.3 Å². The van der Waals surface area contributed by atoms with Crippen LogP contribution in [0.4, 0.5) is 24.5 Å². The standard InChI is InChI=1S/C29H29F3N8O4S/c1-3-38-13(2)18(11-34-38)17-7-20(29(30,31)32)35-27-21(17)23(24(45-27)25(33)41)36-26(42)22-19(40(43)44)12-39(37-22)28-8-14-4-15(9-28)6-16(5-14)10-28/h7,11-12,14-16H,3-6,8-10H2,1-2H3,(H2,33,41)(H,36,42). The lowest BCUT2D eigenvalue weighted by atomic mass is 9.53. The number of alkyl halides is 3. The SMILES string of the molecule is CCn1ncc(-c2cc(C(F)(F)F)nc3sc(C(N)=O)c(NC(=O)c4nn(C56CC7CC(CC(C7)C5)C6)cc4[N+](=O)[O-])c23)c1C. The smallest absolute Gasteiger partial charge is 0.365 e. The van der Waals surface area contributed by atoms with Crippen LogP contribution < -0.4 is 11.1 Å². The van der Waals surface area contributed by atoms with Crippen LogP contribution in [0.5, 0.6) is 0 Å². The van der Waals surface area contributed by atoms with Crippen LogP contribution in [0.3, 0.4) is 0 Å². The molecule has 45 heavy (non-hydrogen) atoms. The van der Waals surface area contributed by atoms with Crippen molar-refractivity contribution in [1.29, 1.82) is 0 Å². The monoisotopic (exact) mass is 642 g/mol. The molecule has 4 bridgehead atoms. The van der Waals surface area contributed by atoms with Crippen molar-refractivity contribution in [2.45, 2.75) is 70.6 Å². The van der Waals surface area contributed by atoms with Gasteiger partial charge in [0.1, 0.15) is 21.6 Å². The number of rotatable bonds is 7. The van der Waals surface area contributed by atoms with Gasteiger partial charge >= 0.3 is 11.9 Å². The Kier molecular flexibility index (Phi) is 6.58. The van der Waals surface area contributed by atoms with Gasteiger partial charge in [-0.05, 0) is 81.8 Å². The maximum Gasteiger partial charge on any atom is 0.433 e. The van der Waals surface area contributed by atoms with E-state index in [-0.39, 0.29) is 26.3 Å². The van der Waals surface area contributed by atoms with E-state index < -0.39 is 45.5 Å². The maximum atomic E-state index is 14.0. The summed E-state index contributed by atoms with van der Waals surface area (Å²) in [6, 6.07) is 0.837. The molecular formula is C29H29F3N8O4S. The van der Waals surface area contributed by atoms with Crippen LogP contribution in [0.2, 0.25) is 0 Å². The fraction of sp³-hybridized carbons (Fsp3) is 0.483. The molecule has 4 aliphatic rings. The highest BCUT2D eigenvalue weighted by molar-refractivity contribution is 7.21. The summed E-state index contributed by atoms with van der Waals surface area (Å²) in [5.41, 5.74) is 3.79. The predicted octanol–water partition coefficient (Wildman–Crippen LogP) is 5.89. The van der Waals surface area contributed by atoms with Crippen molar-refractivity contribution in [2.24, 2.45) is 23.5 Å². The number of nitrogens with one attached hydrogen (secondary N) is 1. The van der Waals surface area contributed by atoms with Gasteiger partial charge < -0.3 is 11.1 Å². The minimum Gasteiger partial charge on any atom is -0.365 e. The van der Waals surface area contributed by atoms with Crippen molar-refractivity contribution in [3.05, 3.63) is 50.5 Å². The summed E-state index contributed by atoms with van der Waals surface area (Å²) >= 11 is 0.594. The Morgan fingerprint density at radius 1 is 1.18 bits per heavy atom. The average Bonchev–Trinajstić information content (AvgIpc) is 3.67. The molecule has 0 aromatic carbocycles. The van der Waals surface area contributed by atoms with Crippen LogP contribution >= 0.6 is 11.3 Å². The van der Waals surface area contributed by atoms with Crippen molar-refractivity contribution in [1.82, 2.24) is 24.5 Å². The number of nitro groups is 1. The summed E-state index contributed by atoms with van der Waals surface area (Å²) in [6.07, 6.45) is 3.82. The fourth-order valence-electron chi connectivity index (χ4n) is 8.20. The molecular weight excluding hydrogens is 613 g/mol. The molecule has 8 rings (SSSR count). The van der Waals surface area contributed by atoms with E-state index in [2.05, 4.69) is 20.5 Å². The number of thiophene rings is 1. The summed E-state index contributed by atoms with van der Waals surface area (Å²) in [7, 11) is 0. The third-order valence-electron chi connectivity index (χ3n) is 9.71. The molecule has 0 saturated heterocycles. The second-order valence-electron chi connectivity index (χ2n) is 12.5. The third-order valence-corrected chi connectivity index (χ3v) is 10.8. The lowest BCUT2D eigenvalue weighted by molar-refractivity contribution is -0.385. The molecule has 4 heterocycles. The second-order valence-corrected chi connectivity index (χ2v) is 13.5. The zero-order chi connectivity index (χ0) is 32.0. The average molecular weight is 643 g/mol. The molecule has 3 N–H and O–H groups in total. The van der Waals surface area contributed by atoms with Gasteiger partial charge in [-0.15, -0.1) is 11.3 Å². The molecule has 0 spiro atoms. The maximum absolute atomic E-state index is 14.0.